The van der Waals surface area contributed by atoms with Crippen molar-refractivity contribution < 1.29 is 19.4 Å². The molecule has 3 N–H and O–H groups in total. The molecule has 0 aromatic rings. The number of carboxylic acids is 1. The number of hydrogen-bond acceptors (Lipinski definition) is 4. The molecule has 1 unspecified atom stereocenters. The molecule has 0 saturated carbocycles. The van der Waals surface area contributed by atoms with E-state index in [2.05, 4.69) is 6.92 Å². The number of carboxylic acid groups (broad SMARTS) is 1. The van der Waals surface area contributed by atoms with Crippen LogP contribution in [0.3, 0.4) is 0 Å². The lowest BCUT2D eigenvalue weighted by atomic mass is 10.1. The predicted octanol–water partition coefficient (Wildman–Crippen LogP) is 3.25. The Morgan fingerprint density at radius 1 is 1.00 bits per heavy atom. The van der Waals surface area contributed by atoms with E-state index < -0.39 is 18.1 Å². The molecule has 124 valence electrons. The fourth-order valence-electron chi connectivity index (χ4n) is 2.12. The maximum atomic E-state index is 11.5. The Hall–Kier alpha value is -1.10. The zero-order valence-electron chi connectivity index (χ0n) is 13.5. The van der Waals surface area contributed by atoms with Crippen LogP contribution in [0.25, 0.3) is 0 Å². The van der Waals surface area contributed by atoms with Gasteiger partial charge < -0.3 is 15.6 Å². The molecule has 0 aliphatic rings. The lowest BCUT2D eigenvalue weighted by Crippen LogP contribution is -2.42. The average molecular weight is 301 g/mol. The van der Waals surface area contributed by atoms with Crippen molar-refractivity contribution in [1.29, 1.82) is 0 Å². The molecule has 0 heterocycles. The second-order valence-electron chi connectivity index (χ2n) is 5.64. The number of esters is 1. The third-order valence-corrected chi connectivity index (χ3v) is 3.59. The molecule has 21 heavy (non-hydrogen) atoms. The second kappa shape index (κ2) is 12.6. The van der Waals surface area contributed by atoms with Crippen LogP contribution in [0.15, 0.2) is 0 Å². The van der Waals surface area contributed by atoms with E-state index in [9.17, 15) is 9.59 Å². The number of hydrogen-bond donors (Lipinski definition) is 2. The largest absolute Gasteiger partial charge is 0.480 e. The number of nitrogens with two attached hydrogens (primary N) is 1. The quantitative estimate of drug-likeness (QED) is 0.402. The number of unbranched alkanes of at least 4 members (excludes halogenated alkanes) is 8. The van der Waals surface area contributed by atoms with Gasteiger partial charge in [-0.1, -0.05) is 58.3 Å². The normalized spacial score (nSPS) is 13.7. The Labute approximate surface area is 128 Å². The molecule has 0 amide bonds. The second-order valence-corrected chi connectivity index (χ2v) is 5.64. The molecular formula is C16H31NO4. The van der Waals surface area contributed by atoms with Gasteiger partial charge in [0, 0.05) is 6.42 Å². The van der Waals surface area contributed by atoms with Crippen LogP contribution in [0.2, 0.25) is 0 Å². The lowest BCUT2D eigenvalue weighted by Gasteiger charge is -2.16. The Bertz CT molecular complexity index is 294. The summed E-state index contributed by atoms with van der Waals surface area (Å²) in [7, 11) is 0. The highest BCUT2D eigenvalue weighted by atomic mass is 16.5. The Balaban J connectivity index is 3.48. The summed E-state index contributed by atoms with van der Waals surface area (Å²) >= 11 is 0. The maximum absolute atomic E-state index is 11.5. The van der Waals surface area contributed by atoms with Gasteiger partial charge in [-0.3, -0.25) is 9.59 Å². The van der Waals surface area contributed by atoms with E-state index in [0.29, 0.717) is 6.42 Å². The smallest absolute Gasteiger partial charge is 0.324 e. The van der Waals surface area contributed by atoms with E-state index in [4.69, 9.17) is 15.6 Å². The fraction of sp³-hybridized carbons (Fsp3) is 0.875. The summed E-state index contributed by atoms with van der Waals surface area (Å²) in [4.78, 5) is 22.1. The number of ether oxygens (including phenoxy) is 1. The molecular weight excluding hydrogens is 270 g/mol. The van der Waals surface area contributed by atoms with Crippen molar-refractivity contribution in [2.45, 2.75) is 90.2 Å². The van der Waals surface area contributed by atoms with E-state index >= 15 is 0 Å². The van der Waals surface area contributed by atoms with Crippen LogP contribution in [0.4, 0.5) is 0 Å². The molecule has 0 aromatic carbocycles. The van der Waals surface area contributed by atoms with Crippen molar-refractivity contribution in [3.8, 4) is 0 Å². The van der Waals surface area contributed by atoms with Gasteiger partial charge >= 0.3 is 11.9 Å². The summed E-state index contributed by atoms with van der Waals surface area (Å²) in [5.74, 6) is -1.51. The van der Waals surface area contributed by atoms with Crippen LogP contribution in [-0.4, -0.2) is 29.2 Å². The maximum Gasteiger partial charge on any atom is 0.324 e. The van der Waals surface area contributed by atoms with Gasteiger partial charge in [-0.2, -0.15) is 0 Å². The van der Waals surface area contributed by atoms with Crippen LogP contribution < -0.4 is 5.73 Å². The van der Waals surface area contributed by atoms with E-state index in [-0.39, 0.29) is 5.97 Å². The van der Waals surface area contributed by atoms with Gasteiger partial charge in [-0.15, -0.1) is 0 Å². The summed E-state index contributed by atoms with van der Waals surface area (Å²) in [5, 5.41) is 8.70. The molecule has 0 aliphatic heterocycles. The van der Waals surface area contributed by atoms with Gasteiger partial charge in [-0.25, -0.2) is 0 Å². The highest BCUT2D eigenvalue weighted by Crippen LogP contribution is 2.11. The van der Waals surface area contributed by atoms with Crippen molar-refractivity contribution >= 4 is 11.9 Å². The lowest BCUT2D eigenvalue weighted by molar-refractivity contribution is -0.153. The zero-order chi connectivity index (χ0) is 16.1. The summed E-state index contributed by atoms with van der Waals surface area (Å²) in [6, 6.07) is -1.16. The molecule has 0 aromatic heterocycles. The minimum Gasteiger partial charge on any atom is -0.480 e. The van der Waals surface area contributed by atoms with Crippen LogP contribution in [-0.2, 0) is 14.3 Å². The first-order valence-corrected chi connectivity index (χ1v) is 8.17. The molecule has 0 aliphatic carbocycles. The third kappa shape index (κ3) is 11.3. The Morgan fingerprint density at radius 2 is 1.48 bits per heavy atom. The fourth-order valence-corrected chi connectivity index (χ4v) is 2.12. The number of carbonyl (C=O) groups is 2. The highest BCUT2D eigenvalue weighted by molar-refractivity contribution is 5.75. The molecule has 0 fully saturated rings. The molecule has 0 saturated heterocycles. The van der Waals surface area contributed by atoms with Gasteiger partial charge in [-0.05, 0) is 13.3 Å². The number of aliphatic carboxylic acids is 1. The van der Waals surface area contributed by atoms with E-state index in [0.717, 1.165) is 19.3 Å². The Morgan fingerprint density at radius 3 is 1.95 bits per heavy atom. The highest BCUT2D eigenvalue weighted by Gasteiger charge is 2.23. The minimum atomic E-state index is -1.16. The zero-order valence-corrected chi connectivity index (χ0v) is 13.5. The van der Waals surface area contributed by atoms with Crippen LogP contribution >= 0.6 is 0 Å². The summed E-state index contributed by atoms with van der Waals surface area (Å²) < 4.78 is 5.00. The number of rotatable bonds is 13. The van der Waals surface area contributed by atoms with Crippen LogP contribution in [0.5, 0.6) is 0 Å². The molecule has 0 rings (SSSR count). The molecule has 0 spiro atoms. The van der Waals surface area contributed by atoms with Gasteiger partial charge in [0.2, 0.25) is 0 Å². The van der Waals surface area contributed by atoms with E-state index in [1.54, 1.807) is 0 Å². The topological polar surface area (TPSA) is 89.6 Å². The summed E-state index contributed by atoms with van der Waals surface area (Å²) in [5.41, 5.74) is 5.38. The minimum absolute atomic E-state index is 0.340. The van der Waals surface area contributed by atoms with Crippen molar-refractivity contribution in [2.75, 3.05) is 0 Å². The van der Waals surface area contributed by atoms with Crippen molar-refractivity contribution in [2.24, 2.45) is 5.73 Å². The van der Waals surface area contributed by atoms with E-state index in [1.807, 2.05) is 0 Å². The first kappa shape index (κ1) is 19.9. The molecule has 2 atom stereocenters. The first-order valence-electron chi connectivity index (χ1n) is 8.17. The van der Waals surface area contributed by atoms with E-state index in [1.165, 1.54) is 45.4 Å². The van der Waals surface area contributed by atoms with Gasteiger partial charge in [0.25, 0.3) is 0 Å². The van der Waals surface area contributed by atoms with Gasteiger partial charge in [0.1, 0.15) is 12.1 Å². The molecule has 0 radical (unpaired) electrons. The summed E-state index contributed by atoms with van der Waals surface area (Å²) in [6.45, 7) is 3.72. The first-order chi connectivity index (χ1) is 9.99. The monoisotopic (exact) mass is 301 g/mol. The predicted molar refractivity (Wildman–Crippen MR) is 83.0 cm³/mol. The molecule has 0 bridgehead atoms. The van der Waals surface area contributed by atoms with Gasteiger partial charge in [0.05, 0.1) is 0 Å². The van der Waals surface area contributed by atoms with Crippen LogP contribution in [0.1, 0.15) is 78.1 Å². The SMILES string of the molecule is CCCCCCCCCCCC(=O)OC(C)[C@H](N)C(=O)O. The van der Waals surface area contributed by atoms with Crippen LogP contribution in [0, 0.1) is 0 Å². The third-order valence-electron chi connectivity index (χ3n) is 3.59. The van der Waals surface area contributed by atoms with Crippen molar-refractivity contribution in [1.82, 2.24) is 0 Å². The van der Waals surface area contributed by atoms with Gasteiger partial charge in [0.15, 0.2) is 0 Å². The van der Waals surface area contributed by atoms with Crippen molar-refractivity contribution in [3.63, 3.8) is 0 Å². The molecule has 5 heteroatoms. The average Bonchev–Trinajstić information content (AvgIpc) is 2.44. The van der Waals surface area contributed by atoms with Crippen molar-refractivity contribution in [3.05, 3.63) is 0 Å². The number of carbonyl (C=O) groups excluding carboxylic acids is 1. The summed E-state index contributed by atoms with van der Waals surface area (Å²) in [6.07, 6.45) is 10.2. The Kier molecular flexibility index (Phi) is 12.0. The molecule has 5 nitrogen and oxygen atoms in total. The standard InChI is InChI=1S/C16H31NO4/c1-3-4-5-6-7-8-9-10-11-12-14(18)21-13(2)15(17)16(19)20/h13,15H,3-12,17H2,1-2H3,(H,19,20)/t13?,15-/m0/s1.